The van der Waals surface area contributed by atoms with Gasteiger partial charge in [-0.05, 0) is 35.9 Å². The molecule has 0 unspecified atom stereocenters. The lowest BCUT2D eigenvalue weighted by molar-refractivity contribution is 0.0697. The van der Waals surface area contributed by atoms with Crippen LogP contribution in [-0.4, -0.2) is 26.0 Å². The molecule has 0 aliphatic carbocycles. The zero-order valence-electron chi connectivity index (χ0n) is 14.3. The van der Waals surface area contributed by atoms with Crippen LogP contribution in [0.25, 0.3) is 22.3 Å². The highest BCUT2D eigenvalue weighted by Gasteiger charge is 2.12. The van der Waals surface area contributed by atoms with E-state index in [2.05, 4.69) is 20.3 Å². The molecule has 132 valence electrons. The van der Waals surface area contributed by atoms with Crippen LogP contribution in [0.1, 0.15) is 15.9 Å². The van der Waals surface area contributed by atoms with E-state index >= 15 is 0 Å². The van der Waals surface area contributed by atoms with Crippen LogP contribution in [0.5, 0.6) is 0 Å². The van der Waals surface area contributed by atoms with Gasteiger partial charge in [0.25, 0.3) is 0 Å². The third-order valence-electron chi connectivity index (χ3n) is 4.17. The zero-order valence-corrected chi connectivity index (χ0v) is 14.3. The summed E-state index contributed by atoms with van der Waals surface area (Å²) >= 11 is 0. The Bertz CT molecular complexity index is 1100. The van der Waals surface area contributed by atoms with Crippen molar-refractivity contribution < 1.29 is 9.90 Å². The maximum Gasteiger partial charge on any atom is 0.335 e. The number of aromatic carboxylic acids is 1. The topological polar surface area (TPSA) is 88.0 Å². The van der Waals surface area contributed by atoms with E-state index in [0.717, 1.165) is 11.1 Å². The number of fused-ring (bicyclic) bond motifs is 1. The zero-order chi connectivity index (χ0) is 18.6. The Morgan fingerprint density at radius 2 is 1.85 bits per heavy atom. The standard InChI is InChI=1S/C21H16N4O2/c26-21(27)15-8-9-18-17(11-15)20(23-12-14-5-2-1-3-6-14)25-19(24-18)16-7-4-10-22-13-16/h1-11,13H,12H2,(H,26,27)(H,23,24,25). The summed E-state index contributed by atoms with van der Waals surface area (Å²) in [6.45, 7) is 0.566. The van der Waals surface area contributed by atoms with Crippen molar-refractivity contribution in [2.75, 3.05) is 5.32 Å². The van der Waals surface area contributed by atoms with Gasteiger partial charge in [0.2, 0.25) is 0 Å². The van der Waals surface area contributed by atoms with Crippen molar-refractivity contribution in [3.05, 3.63) is 84.2 Å². The third kappa shape index (κ3) is 3.59. The molecule has 2 aromatic carbocycles. The fourth-order valence-electron chi connectivity index (χ4n) is 2.80. The fourth-order valence-corrected chi connectivity index (χ4v) is 2.80. The Labute approximate surface area is 155 Å². The van der Waals surface area contributed by atoms with Crippen molar-refractivity contribution in [3.8, 4) is 11.4 Å². The molecule has 4 rings (SSSR count). The second-order valence-electron chi connectivity index (χ2n) is 6.01. The van der Waals surface area contributed by atoms with Gasteiger partial charge in [0.05, 0.1) is 11.1 Å². The molecule has 0 saturated carbocycles. The Hall–Kier alpha value is -3.80. The second kappa shape index (κ2) is 7.21. The molecule has 6 heteroatoms. The first-order valence-electron chi connectivity index (χ1n) is 8.44. The van der Waals surface area contributed by atoms with Crippen molar-refractivity contribution in [2.24, 2.45) is 0 Å². The molecule has 0 aliphatic rings. The van der Waals surface area contributed by atoms with Crippen LogP contribution in [0.4, 0.5) is 5.82 Å². The summed E-state index contributed by atoms with van der Waals surface area (Å²) in [5.74, 6) is 0.141. The molecule has 0 spiro atoms. The molecule has 0 aliphatic heterocycles. The maximum atomic E-state index is 11.4. The number of anilines is 1. The summed E-state index contributed by atoms with van der Waals surface area (Å²) in [4.78, 5) is 24.7. The largest absolute Gasteiger partial charge is 0.478 e. The molecule has 27 heavy (non-hydrogen) atoms. The van der Waals surface area contributed by atoms with Gasteiger partial charge in [-0.1, -0.05) is 30.3 Å². The molecule has 6 nitrogen and oxygen atoms in total. The van der Waals surface area contributed by atoms with Crippen LogP contribution < -0.4 is 5.32 Å². The highest BCUT2D eigenvalue weighted by atomic mass is 16.4. The number of benzene rings is 2. The first kappa shape index (κ1) is 16.7. The third-order valence-corrected chi connectivity index (χ3v) is 4.17. The lowest BCUT2D eigenvalue weighted by atomic mass is 10.1. The highest BCUT2D eigenvalue weighted by molar-refractivity contribution is 5.97. The number of hydrogen-bond donors (Lipinski definition) is 2. The number of carboxylic acids is 1. The molecule has 4 aromatic rings. The van der Waals surface area contributed by atoms with Crippen molar-refractivity contribution in [2.45, 2.75) is 6.54 Å². The van der Waals surface area contributed by atoms with Gasteiger partial charge in [-0.2, -0.15) is 0 Å². The van der Waals surface area contributed by atoms with Gasteiger partial charge in [0, 0.05) is 29.9 Å². The molecule has 0 fully saturated rings. The van der Waals surface area contributed by atoms with Crippen molar-refractivity contribution in [1.82, 2.24) is 15.0 Å². The number of carboxylic acid groups (broad SMARTS) is 1. The average Bonchev–Trinajstić information content (AvgIpc) is 2.72. The quantitative estimate of drug-likeness (QED) is 0.562. The highest BCUT2D eigenvalue weighted by Crippen LogP contribution is 2.26. The molecule has 0 radical (unpaired) electrons. The molecular weight excluding hydrogens is 340 g/mol. The van der Waals surface area contributed by atoms with Crippen molar-refractivity contribution in [1.29, 1.82) is 0 Å². The first-order valence-corrected chi connectivity index (χ1v) is 8.44. The van der Waals surface area contributed by atoms with Crippen LogP contribution in [0.2, 0.25) is 0 Å². The van der Waals surface area contributed by atoms with Gasteiger partial charge in [0.15, 0.2) is 5.82 Å². The number of hydrogen-bond acceptors (Lipinski definition) is 5. The molecule has 0 amide bonds. The lowest BCUT2D eigenvalue weighted by Crippen LogP contribution is -2.05. The van der Waals surface area contributed by atoms with E-state index in [1.54, 1.807) is 30.6 Å². The monoisotopic (exact) mass is 356 g/mol. The van der Waals surface area contributed by atoms with E-state index in [9.17, 15) is 9.90 Å². The molecule has 2 heterocycles. The minimum absolute atomic E-state index is 0.197. The summed E-state index contributed by atoms with van der Waals surface area (Å²) in [6, 6.07) is 18.5. The van der Waals surface area contributed by atoms with Crippen molar-refractivity contribution in [3.63, 3.8) is 0 Å². The first-order chi connectivity index (χ1) is 13.2. The van der Waals surface area contributed by atoms with E-state index in [4.69, 9.17) is 0 Å². The summed E-state index contributed by atoms with van der Waals surface area (Å²) in [5, 5.41) is 13.3. The van der Waals surface area contributed by atoms with E-state index in [1.807, 2.05) is 42.5 Å². The van der Waals surface area contributed by atoms with E-state index < -0.39 is 5.97 Å². The molecule has 0 atom stereocenters. The molecule has 0 bridgehead atoms. The van der Waals surface area contributed by atoms with Crippen LogP contribution >= 0.6 is 0 Å². The minimum atomic E-state index is -0.984. The number of carbonyl (C=O) groups is 1. The number of nitrogens with one attached hydrogen (secondary N) is 1. The van der Waals surface area contributed by atoms with Gasteiger partial charge in [-0.25, -0.2) is 14.8 Å². The predicted octanol–water partition coefficient (Wildman–Crippen LogP) is 4.00. The number of rotatable bonds is 5. The molecule has 2 aromatic heterocycles. The smallest absolute Gasteiger partial charge is 0.335 e. The van der Waals surface area contributed by atoms with Gasteiger partial charge in [0.1, 0.15) is 5.82 Å². The Morgan fingerprint density at radius 3 is 2.59 bits per heavy atom. The molecule has 0 saturated heterocycles. The Balaban J connectivity index is 1.81. The Morgan fingerprint density at radius 1 is 1.00 bits per heavy atom. The van der Waals surface area contributed by atoms with E-state index in [1.165, 1.54) is 0 Å². The number of aromatic nitrogens is 3. The minimum Gasteiger partial charge on any atom is -0.478 e. The summed E-state index contributed by atoms with van der Waals surface area (Å²) in [6.07, 6.45) is 3.39. The van der Waals surface area contributed by atoms with Crippen molar-refractivity contribution >= 4 is 22.7 Å². The number of pyridine rings is 1. The van der Waals surface area contributed by atoms with Gasteiger partial charge in [-0.3, -0.25) is 4.98 Å². The number of nitrogens with zero attached hydrogens (tertiary/aromatic N) is 3. The fraction of sp³-hybridized carbons (Fsp3) is 0.0476. The lowest BCUT2D eigenvalue weighted by Gasteiger charge is -2.12. The van der Waals surface area contributed by atoms with Crippen LogP contribution in [-0.2, 0) is 6.54 Å². The van der Waals surface area contributed by atoms with Crippen LogP contribution in [0, 0.1) is 0 Å². The van der Waals surface area contributed by atoms with E-state index in [0.29, 0.717) is 29.1 Å². The molecule has 2 N–H and O–H groups in total. The maximum absolute atomic E-state index is 11.4. The SMILES string of the molecule is O=C(O)c1ccc2nc(-c3cccnc3)nc(NCc3ccccc3)c2c1. The van der Waals surface area contributed by atoms with Crippen LogP contribution in [0.3, 0.4) is 0 Å². The average molecular weight is 356 g/mol. The molecular formula is C21H16N4O2. The van der Waals surface area contributed by atoms with Gasteiger partial charge < -0.3 is 10.4 Å². The van der Waals surface area contributed by atoms with Gasteiger partial charge >= 0.3 is 5.97 Å². The normalized spacial score (nSPS) is 10.7. The second-order valence-corrected chi connectivity index (χ2v) is 6.01. The summed E-state index contributed by atoms with van der Waals surface area (Å²) in [7, 11) is 0. The Kier molecular flexibility index (Phi) is 4.45. The summed E-state index contributed by atoms with van der Waals surface area (Å²) < 4.78 is 0. The summed E-state index contributed by atoms with van der Waals surface area (Å²) in [5.41, 5.74) is 2.76. The van der Waals surface area contributed by atoms with Crippen LogP contribution in [0.15, 0.2) is 73.1 Å². The van der Waals surface area contributed by atoms with Gasteiger partial charge in [-0.15, -0.1) is 0 Å². The predicted molar refractivity (Wildman–Crippen MR) is 103 cm³/mol. The van der Waals surface area contributed by atoms with E-state index in [-0.39, 0.29) is 5.56 Å².